The van der Waals surface area contributed by atoms with E-state index in [1.165, 1.54) is 5.06 Å². The Hall–Kier alpha value is -0.841. The SMILES string of the molecule is CCC(=O)ON(Cc1ccc(Br)cc1)C(=N)[Se]. The molecule has 0 fully saturated rings. The number of benzene rings is 1. The quantitative estimate of drug-likeness (QED) is 0.388. The predicted molar refractivity (Wildman–Crippen MR) is 69.5 cm³/mol. The van der Waals surface area contributed by atoms with Crippen LogP contribution in [0.25, 0.3) is 0 Å². The summed E-state index contributed by atoms with van der Waals surface area (Å²) >= 11 is 5.87. The Labute approximate surface area is 117 Å². The number of hydrogen-bond donors (Lipinski definition) is 1. The molecule has 0 aliphatic carbocycles. The van der Waals surface area contributed by atoms with E-state index in [4.69, 9.17) is 10.2 Å². The molecule has 17 heavy (non-hydrogen) atoms. The van der Waals surface area contributed by atoms with Gasteiger partial charge in [0.15, 0.2) is 0 Å². The molecule has 91 valence electrons. The molecule has 0 aliphatic heterocycles. The summed E-state index contributed by atoms with van der Waals surface area (Å²) in [6, 6.07) is 7.61. The van der Waals surface area contributed by atoms with Gasteiger partial charge >= 0.3 is 117 Å². The van der Waals surface area contributed by atoms with E-state index in [1.807, 2.05) is 24.3 Å². The van der Waals surface area contributed by atoms with Crippen LogP contribution in [0, 0.1) is 5.41 Å². The fourth-order valence-corrected chi connectivity index (χ4v) is 1.57. The van der Waals surface area contributed by atoms with Gasteiger partial charge in [-0.3, -0.25) is 0 Å². The summed E-state index contributed by atoms with van der Waals surface area (Å²) in [5.41, 5.74) is 0.956. The van der Waals surface area contributed by atoms with Crippen molar-refractivity contribution in [1.29, 1.82) is 5.41 Å². The van der Waals surface area contributed by atoms with Crippen LogP contribution in [-0.2, 0) is 16.2 Å². The first-order valence-corrected chi connectivity index (χ1v) is 6.66. The van der Waals surface area contributed by atoms with Crippen molar-refractivity contribution in [2.45, 2.75) is 19.9 Å². The molecule has 0 saturated carbocycles. The third-order valence-corrected chi connectivity index (χ3v) is 2.92. The second-order valence-corrected chi connectivity index (χ2v) is 5.01. The number of carbonyl (C=O) groups is 1. The molecule has 4 nitrogen and oxygen atoms in total. The maximum absolute atomic E-state index is 11.2. The zero-order valence-electron chi connectivity index (χ0n) is 9.27. The third-order valence-electron chi connectivity index (χ3n) is 1.97. The fourth-order valence-electron chi connectivity index (χ4n) is 1.09. The standard InChI is InChI=1S/C11H12BrN2O2Se/c1-2-10(15)16-14(11(13)17)7-8-3-5-9(12)6-4-8/h3-6,13H,2,7H2,1H3. The molecule has 1 aromatic rings. The Balaban J connectivity index is 2.70. The summed E-state index contributed by atoms with van der Waals surface area (Å²) in [5.74, 6) is -0.359. The molecule has 0 saturated heterocycles. The van der Waals surface area contributed by atoms with E-state index in [-0.39, 0.29) is 17.1 Å². The molecule has 0 aliphatic rings. The zero-order chi connectivity index (χ0) is 12.8. The van der Waals surface area contributed by atoms with Crippen molar-refractivity contribution in [2.24, 2.45) is 0 Å². The van der Waals surface area contributed by atoms with Crippen LogP contribution in [0.4, 0.5) is 0 Å². The van der Waals surface area contributed by atoms with Crippen LogP contribution in [0.3, 0.4) is 0 Å². The van der Waals surface area contributed by atoms with E-state index in [0.717, 1.165) is 10.0 Å². The van der Waals surface area contributed by atoms with Gasteiger partial charge in [0.1, 0.15) is 0 Å². The maximum atomic E-state index is 11.2. The normalized spacial score (nSPS) is 9.76. The van der Waals surface area contributed by atoms with Gasteiger partial charge in [-0.25, -0.2) is 0 Å². The summed E-state index contributed by atoms with van der Waals surface area (Å²) in [6.45, 7) is 2.06. The first-order valence-electron chi connectivity index (χ1n) is 5.01. The van der Waals surface area contributed by atoms with Crippen LogP contribution in [0.15, 0.2) is 28.7 Å². The van der Waals surface area contributed by atoms with Crippen molar-refractivity contribution in [1.82, 2.24) is 5.06 Å². The minimum atomic E-state index is -0.359. The topological polar surface area (TPSA) is 53.4 Å². The minimum absolute atomic E-state index is 0.0784. The summed E-state index contributed by atoms with van der Waals surface area (Å²) in [5, 5.41) is 8.73. The van der Waals surface area contributed by atoms with E-state index < -0.39 is 0 Å². The van der Waals surface area contributed by atoms with Gasteiger partial charge in [0.25, 0.3) is 0 Å². The monoisotopic (exact) mass is 363 g/mol. The molecule has 1 radical (unpaired) electrons. The number of nitrogens with one attached hydrogen (secondary N) is 1. The Bertz CT molecular complexity index is 408. The third kappa shape index (κ3) is 4.89. The van der Waals surface area contributed by atoms with Crippen LogP contribution in [0.5, 0.6) is 0 Å². The van der Waals surface area contributed by atoms with Crippen LogP contribution < -0.4 is 0 Å². The van der Waals surface area contributed by atoms with Gasteiger partial charge in [0.2, 0.25) is 0 Å². The van der Waals surface area contributed by atoms with Crippen molar-refractivity contribution >= 4 is 42.6 Å². The van der Waals surface area contributed by atoms with Gasteiger partial charge < -0.3 is 0 Å². The second kappa shape index (κ2) is 6.79. The fraction of sp³-hybridized carbons (Fsp3) is 0.273. The van der Waals surface area contributed by atoms with Gasteiger partial charge in [-0.1, -0.05) is 0 Å². The molecule has 6 heteroatoms. The number of nitrogens with zero attached hydrogens (tertiary/aromatic N) is 1. The van der Waals surface area contributed by atoms with Crippen LogP contribution in [-0.4, -0.2) is 31.8 Å². The number of hydrogen-bond acceptors (Lipinski definition) is 3. The van der Waals surface area contributed by atoms with E-state index >= 15 is 0 Å². The molecule has 0 amide bonds. The molecule has 1 rings (SSSR count). The Kier molecular flexibility index (Phi) is 5.68. The summed E-state index contributed by atoms with van der Waals surface area (Å²) in [6.07, 6.45) is 0.282. The predicted octanol–water partition coefficient (Wildman–Crippen LogP) is 2.22. The Morgan fingerprint density at radius 3 is 2.53 bits per heavy atom. The molecule has 0 heterocycles. The summed E-state index contributed by atoms with van der Waals surface area (Å²) < 4.78 is 1.06. The molecule has 0 unspecified atom stereocenters. The number of amidine groups is 1. The van der Waals surface area contributed by atoms with Gasteiger partial charge in [0, 0.05) is 0 Å². The van der Waals surface area contributed by atoms with E-state index in [9.17, 15) is 4.79 Å². The van der Waals surface area contributed by atoms with E-state index in [0.29, 0.717) is 6.54 Å². The van der Waals surface area contributed by atoms with Gasteiger partial charge in [-0.15, -0.1) is 0 Å². The van der Waals surface area contributed by atoms with Crippen molar-refractivity contribution in [3.05, 3.63) is 34.3 Å². The van der Waals surface area contributed by atoms with E-state index in [2.05, 4.69) is 31.9 Å². The Morgan fingerprint density at radius 1 is 1.47 bits per heavy atom. The van der Waals surface area contributed by atoms with E-state index in [1.54, 1.807) is 6.92 Å². The molecular formula is C11H12BrN2O2Se. The average Bonchev–Trinajstić information content (AvgIpc) is 2.30. The molecular weight excluding hydrogens is 351 g/mol. The van der Waals surface area contributed by atoms with Crippen LogP contribution in [0.2, 0.25) is 0 Å². The zero-order valence-corrected chi connectivity index (χ0v) is 12.6. The van der Waals surface area contributed by atoms with Crippen molar-refractivity contribution < 1.29 is 9.63 Å². The first kappa shape index (κ1) is 14.2. The molecule has 0 bridgehead atoms. The van der Waals surface area contributed by atoms with Crippen molar-refractivity contribution in [3.63, 3.8) is 0 Å². The molecule has 1 N–H and O–H groups in total. The van der Waals surface area contributed by atoms with Crippen LogP contribution >= 0.6 is 15.9 Å². The molecule has 1 aromatic carbocycles. The molecule has 0 aromatic heterocycles. The van der Waals surface area contributed by atoms with Crippen molar-refractivity contribution in [2.75, 3.05) is 0 Å². The first-order chi connectivity index (χ1) is 8.02. The van der Waals surface area contributed by atoms with Gasteiger partial charge in [-0.2, -0.15) is 0 Å². The molecule has 0 atom stereocenters. The second-order valence-electron chi connectivity index (χ2n) is 3.29. The molecule has 0 spiro atoms. The Morgan fingerprint density at radius 2 is 2.06 bits per heavy atom. The van der Waals surface area contributed by atoms with Crippen molar-refractivity contribution in [3.8, 4) is 0 Å². The summed E-state index contributed by atoms with van der Waals surface area (Å²) in [7, 11) is 0. The number of hydroxylamine groups is 2. The number of carbonyl (C=O) groups excluding carboxylic acids is 1. The summed E-state index contributed by atoms with van der Waals surface area (Å²) in [4.78, 5) is 16.2. The van der Waals surface area contributed by atoms with Gasteiger partial charge in [0.05, 0.1) is 0 Å². The van der Waals surface area contributed by atoms with Gasteiger partial charge in [-0.05, 0) is 0 Å². The average molecular weight is 363 g/mol. The number of rotatable bonds is 3. The van der Waals surface area contributed by atoms with Crippen LogP contribution in [0.1, 0.15) is 18.9 Å². The number of halogens is 1.